The lowest BCUT2D eigenvalue weighted by molar-refractivity contribution is 0.0630. The van der Waals surface area contributed by atoms with Crippen LogP contribution < -0.4 is 0 Å². The number of hydrogen-bond donors (Lipinski definition) is 0. The fourth-order valence-corrected chi connectivity index (χ4v) is 4.52. The second-order valence-corrected chi connectivity index (χ2v) is 8.93. The predicted molar refractivity (Wildman–Crippen MR) is 134 cm³/mol. The first-order valence-electron chi connectivity index (χ1n) is 11.6. The first kappa shape index (κ1) is 21.4. The maximum absolute atomic E-state index is 13.7. The number of carbonyl (C=O) groups excluding carboxylic acids is 1. The van der Waals surface area contributed by atoms with Gasteiger partial charge in [0.2, 0.25) is 0 Å². The zero-order valence-electron chi connectivity index (χ0n) is 19.3. The number of fused-ring (bicyclic) bond motifs is 1. The van der Waals surface area contributed by atoms with Gasteiger partial charge < -0.3 is 4.90 Å². The topological polar surface area (TPSA) is 36.4 Å². The van der Waals surface area contributed by atoms with Crippen LogP contribution in [0.2, 0.25) is 0 Å². The molecule has 0 saturated carbocycles. The Morgan fingerprint density at radius 2 is 1.55 bits per heavy atom. The molecule has 0 bridgehead atoms. The van der Waals surface area contributed by atoms with Gasteiger partial charge >= 0.3 is 0 Å². The van der Waals surface area contributed by atoms with Crippen LogP contribution in [-0.2, 0) is 6.54 Å². The minimum atomic E-state index is 0.0954. The molecule has 0 aliphatic carbocycles. The molecule has 4 aromatic rings. The van der Waals surface area contributed by atoms with Crippen molar-refractivity contribution in [1.29, 1.82) is 0 Å². The van der Waals surface area contributed by atoms with Crippen LogP contribution in [0.3, 0.4) is 0 Å². The molecule has 1 aromatic heterocycles. The Bertz CT molecular complexity index is 1290. The summed E-state index contributed by atoms with van der Waals surface area (Å²) in [6, 6.07) is 26.8. The lowest BCUT2D eigenvalue weighted by Gasteiger charge is -2.35. The molecule has 1 amide bonds. The normalized spacial score (nSPS) is 14.5. The van der Waals surface area contributed by atoms with Crippen LogP contribution in [0.5, 0.6) is 0 Å². The lowest BCUT2D eigenvalue weighted by Crippen LogP contribution is -2.48. The van der Waals surface area contributed by atoms with Gasteiger partial charge in [0, 0.05) is 43.7 Å². The Hall–Kier alpha value is -3.50. The van der Waals surface area contributed by atoms with Crippen molar-refractivity contribution in [3.63, 3.8) is 0 Å². The molecule has 1 saturated heterocycles. The van der Waals surface area contributed by atoms with Gasteiger partial charge in [0.25, 0.3) is 5.91 Å². The number of carbonyl (C=O) groups is 1. The van der Waals surface area contributed by atoms with E-state index in [-0.39, 0.29) is 5.91 Å². The molecule has 5 rings (SSSR count). The molecular weight excluding hydrogens is 406 g/mol. The van der Waals surface area contributed by atoms with Gasteiger partial charge in [0.15, 0.2) is 0 Å². The van der Waals surface area contributed by atoms with Crippen molar-refractivity contribution >= 4 is 16.8 Å². The third kappa shape index (κ3) is 4.53. The highest BCUT2D eigenvalue weighted by Crippen LogP contribution is 2.27. The number of rotatable bonds is 4. The van der Waals surface area contributed by atoms with Crippen LogP contribution in [0.4, 0.5) is 0 Å². The summed E-state index contributed by atoms with van der Waals surface area (Å²) < 4.78 is 0. The summed E-state index contributed by atoms with van der Waals surface area (Å²) in [6.45, 7) is 8.39. The van der Waals surface area contributed by atoms with Gasteiger partial charge in [0.1, 0.15) is 0 Å². The summed E-state index contributed by atoms with van der Waals surface area (Å²) in [4.78, 5) is 23.0. The Kier molecular flexibility index (Phi) is 5.93. The molecule has 0 N–H and O–H groups in total. The Morgan fingerprint density at radius 1 is 0.818 bits per heavy atom. The monoisotopic (exact) mass is 435 g/mol. The van der Waals surface area contributed by atoms with Crippen LogP contribution in [0.15, 0.2) is 78.9 Å². The number of benzene rings is 3. The van der Waals surface area contributed by atoms with Gasteiger partial charge in [-0.2, -0.15) is 0 Å². The number of nitrogens with zero attached hydrogens (tertiary/aromatic N) is 3. The predicted octanol–water partition coefficient (Wildman–Crippen LogP) is 5.48. The van der Waals surface area contributed by atoms with E-state index in [1.807, 2.05) is 41.3 Å². The number of aryl methyl sites for hydroxylation is 2. The number of amides is 1. The molecule has 2 heterocycles. The van der Waals surface area contributed by atoms with E-state index in [1.54, 1.807) is 0 Å². The summed E-state index contributed by atoms with van der Waals surface area (Å²) in [5, 5.41) is 0.918. The highest BCUT2D eigenvalue weighted by molar-refractivity contribution is 6.07. The Balaban J connectivity index is 1.40. The molecule has 33 heavy (non-hydrogen) atoms. The molecule has 166 valence electrons. The molecular formula is C29H29N3O. The maximum Gasteiger partial charge on any atom is 0.254 e. The quantitative estimate of drug-likeness (QED) is 0.426. The van der Waals surface area contributed by atoms with Crippen molar-refractivity contribution < 1.29 is 4.79 Å². The fraction of sp³-hybridized carbons (Fsp3) is 0.241. The fourth-order valence-electron chi connectivity index (χ4n) is 4.52. The first-order valence-corrected chi connectivity index (χ1v) is 11.6. The summed E-state index contributed by atoms with van der Waals surface area (Å²) in [5.74, 6) is 0.0954. The molecule has 0 atom stereocenters. The molecule has 0 unspecified atom stereocenters. The van der Waals surface area contributed by atoms with Crippen molar-refractivity contribution in [2.45, 2.75) is 20.4 Å². The average molecular weight is 436 g/mol. The maximum atomic E-state index is 13.7. The van der Waals surface area contributed by atoms with Gasteiger partial charge in [-0.05, 0) is 48.7 Å². The zero-order chi connectivity index (χ0) is 22.8. The number of hydrogen-bond acceptors (Lipinski definition) is 3. The van der Waals surface area contributed by atoms with E-state index in [4.69, 9.17) is 4.98 Å². The van der Waals surface area contributed by atoms with Crippen LogP contribution in [0.1, 0.15) is 27.0 Å². The van der Waals surface area contributed by atoms with E-state index in [1.165, 1.54) is 16.7 Å². The zero-order valence-corrected chi connectivity index (χ0v) is 19.3. The molecule has 3 aromatic carbocycles. The minimum Gasteiger partial charge on any atom is -0.336 e. The van der Waals surface area contributed by atoms with Gasteiger partial charge in [-0.15, -0.1) is 0 Å². The second kappa shape index (κ2) is 9.16. The van der Waals surface area contributed by atoms with Gasteiger partial charge in [0.05, 0.1) is 16.8 Å². The summed E-state index contributed by atoms with van der Waals surface area (Å²) >= 11 is 0. The Labute approximate surface area is 195 Å². The Morgan fingerprint density at radius 3 is 2.30 bits per heavy atom. The van der Waals surface area contributed by atoms with Crippen molar-refractivity contribution in [3.8, 4) is 11.3 Å². The van der Waals surface area contributed by atoms with Crippen molar-refractivity contribution in [2.24, 2.45) is 0 Å². The largest absolute Gasteiger partial charge is 0.336 e. The van der Waals surface area contributed by atoms with Crippen LogP contribution in [0.25, 0.3) is 22.2 Å². The molecule has 4 heteroatoms. The van der Waals surface area contributed by atoms with Gasteiger partial charge in [-0.25, -0.2) is 4.98 Å². The van der Waals surface area contributed by atoms with E-state index in [9.17, 15) is 4.79 Å². The third-order valence-electron chi connectivity index (χ3n) is 6.66. The third-order valence-corrected chi connectivity index (χ3v) is 6.66. The molecule has 1 aliphatic heterocycles. The highest BCUT2D eigenvalue weighted by atomic mass is 16.2. The van der Waals surface area contributed by atoms with Crippen molar-refractivity contribution in [3.05, 3.63) is 101 Å². The van der Waals surface area contributed by atoms with E-state index in [0.29, 0.717) is 0 Å². The minimum absolute atomic E-state index is 0.0954. The number of para-hydroxylation sites is 1. The van der Waals surface area contributed by atoms with Crippen molar-refractivity contribution in [2.75, 3.05) is 26.2 Å². The van der Waals surface area contributed by atoms with E-state index < -0.39 is 0 Å². The summed E-state index contributed by atoms with van der Waals surface area (Å²) in [7, 11) is 0. The van der Waals surface area contributed by atoms with E-state index in [0.717, 1.165) is 60.4 Å². The number of piperazine rings is 1. The number of aromatic nitrogens is 1. The summed E-state index contributed by atoms with van der Waals surface area (Å²) in [6.07, 6.45) is 0. The molecule has 1 aliphatic rings. The second-order valence-electron chi connectivity index (χ2n) is 8.93. The standard InChI is InChI=1S/C29H29N3O/c1-21-12-13-24(18-22(21)2)28-19-26(25-10-6-7-11-27(25)30-28)29(33)32-16-14-31(15-17-32)20-23-8-4-3-5-9-23/h3-13,18-19H,14-17,20H2,1-2H3. The summed E-state index contributed by atoms with van der Waals surface area (Å²) in [5.41, 5.74) is 7.29. The van der Waals surface area contributed by atoms with E-state index >= 15 is 0 Å². The average Bonchev–Trinajstić information content (AvgIpc) is 2.86. The van der Waals surface area contributed by atoms with Crippen LogP contribution >= 0.6 is 0 Å². The number of pyridine rings is 1. The molecule has 0 spiro atoms. The van der Waals surface area contributed by atoms with Crippen LogP contribution in [0, 0.1) is 13.8 Å². The van der Waals surface area contributed by atoms with Crippen molar-refractivity contribution in [1.82, 2.24) is 14.8 Å². The molecule has 4 nitrogen and oxygen atoms in total. The van der Waals surface area contributed by atoms with Crippen LogP contribution in [-0.4, -0.2) is 46.9 Å². The molecule has 0 radical (unpaired) electrons. The van der Waals surface area contributed by atoms with Gasteiger partial charge in [-0.3, -0.25) is 9.69 Å². The smallest absolute Gasteiger partial charge is 0.254 e. The molecule has 1 fully saturated rings. The highest BCUT2D eigenvalue weighted by Gasteiger charge is 2.24. The lowest BCUT2D eigenvalue weighted by atomic mass is 10.00. The van der Waals surface area contributed by atoms with E-state index in [2.05, 4.69) is 61.2 Å². The first-order chi connectivity index (χ1) is 16.1. The van der Waals surface area contributed by atoms with Gasteiger partial charge in [-0.1, -0.05) is 60.7 Å². The SMILES string of the molecule is Cc1ccc(-c2cc(C(=O)N3CCN(Cc4ccccc4)CC3)c3ccccc3n2)cc1C.